The number of alkyl halides is 3. The van der Waals surface area contributed by atoms with Crippen LogP contribution in [0.5, 0.6) is 0 Å². The Morgan fingerprint density at radius 3 is 2.68 bits per heavy atom. The van der Waals surface area contributed by atoms with E-state index in [1.54, 1.807) is 18.2 Å². The Morgan fingerprint density at radius 1 is 1.14 bits per heavy atom. The van der Waals surface area contributed by atoms with Gasteiger partial charge in [0, 0.05) is 5.69 Å². The van der Waals surface area contributed by atoms with Gasteiger partial charge in [0.05, 0.1) is 28.2 Å². The zero-order valence-electron chi connectivity index (χ0n) is 11.1. The number of halogens is 3. The van der Waals surface area contributed by atoms with Gasteiger partial charge in [-0.1, -0.05) is 6.07 Å². The number of nitriles is 1. The maximum Gasteiger partial charge on any atom is 0.416 e. The van der Waals surface area contributed by atoms with E-state index >= 15 is 0 Å². The first-order valence-corrected chi connectivity index (χ1v) is 6.30. The summed E-state index contributed by atoms with van der Waals surface area (Å²) in [6, 6.07) is 11.8. The number of nitrogens with zero attached hydrogens (tertiary/aromatic N) is 2. The quantitative estimate of drug-likeness (QED) is 0.745. The third kappa shape index (κ3) is 2.72. The maximum absolute atomic E-state index is 12.7. The topological polar surface area (TPSA) is 64.5 Å². The van der Waals surface area contributed by atoms with Crippen molar-refractivity contribution in [2.24, 2.45) is 0 Å². The Balaban J connectivity index is 1.92. The number of aromatic nitrogens is 2. The summed E-state index contributed by atoms with van der Waals surface area (Å²) in [4.78, 5) is 7.14. The lowest BCUT2D eigenvalue weighted by Crippen LogP contribution is -2.05. The van der Waals surface area contributed by atoms with Crippen LogP contribution in [0.1, 0.15) is 11.1 Å². The molecule has 3 aromatic rings. The molecule has 1 aromatic heterocycles. The van der Waals surface area contributed by atoms with E-state index in [-0.39, 0.29) is 5.69 Å². The third-order valence-corrected chi connectivity index (χ3v) is 3.06. The Hall–Kier alpha value is -3.01. The number of imidazole rings is 1. The highest BCUT2D eigenvalue weighted by molar-refractivity contribution is 5.79. The number of nitrogens with one attached hydrogen (secondary N) is 2. The molecule has 0 amide bonds. The van der Waals surface area contributed by atoms with Gasteiger partial charge < -0.3 is 10.3 Å². The van der Waals surface area contributed by atoms with Gasteiger partial charge in [0.1, 0.15) is 0 Å². The van der Waals surface area contributed by atoms with Crippen LogP contribution in [0.15, 0.2) is 42.5 Å². The molecule has 0 spiro atoms. The van der Waals surface area contributed by atoms with E-state index in [0.717, 1.165) is 12.1 Å². The minimum Gasteiger partial charge on any atom is -0.326 e. The second-order valence-corrected chi connectivity index (χ2v) is 4.63. The number of benzene rings is 2. The van der Waals surface area contributed by atoms with Gasteiger partial charge in [-0.3, -0.25) is 0 Å². The van der Waals surface area contributed by atoms with Crippen LogP contribution in [-0.4, -0.2) is 9.97 Å². The van der Waals surface area contributed by atoms with Gasteiger partial charge in [0.2, 0.25) is 5.95 Å². The molecule has 7 heteroatoms. The van der Waals surface area contributed by atoms with Crippen LogP contribution in [0.3, 0.4) is 0 Å². The molecular formula is C15H9F3N4. The summed E-state index contributed by atoms with van der Waals surface area (Å²) >= 11 is 0. The second kappa shape index (κ2) is 5.07. The second-order valence-electron chi connectivity index (χ2n) is 4.63. The standard InChI is InChI=1S/C15H9F3N4/c16-15(17,18)10-2-1-3-11(7-10)20-14-21-12-5-4-9(8-19)6-13(12)22-14/h1-7H,(H2,20,21,22). The number of fused-ring (bicyclic) bond motifs is 1. The van der Waals surface area contributed by atoms with Crippen molar-refractivity contribution < 1.29 is 13.2 Å². The largest absolute Gasteiger partial charge is 0.416 e. The summed E-state index contributed by atoms with van der Waals surface area (Å²) in [7, 11) is 0. The van der Waals surface area contributed by atoms with Crippen LogP contribution in [-0.2, 0) is 6.18 Å². The molecule has 2 aromatic carbocycles. The van der Waals surface area contributed by atoms with E-state index in [1.807, 2.05) is 6.07 Å². The summed E-state index contributed by atoms with van der Waals surface area (Å²) in [5, 5.41) is 11.6. The smallest absolute Gasteiger partial charge is 0.326 e. The minimum absolute atomic E-state index is 0.273. The summed E-state index contributed by atoms with van der Waals surface area (Å²) in [5.74, 6) is 0.310. The highest BCUT2D eigenvalue weighted by Gasteiger charge is 2.30. The molecule has 0 unspecified atom stereocenters. The average molecular weight is 302 g/mol. The molecule has 2 N–H and O–H groups in total. The van der Waals surface area contributed by atoms with Crippen LogP contribution >= 0.6 is 0 Å². The molecule has 3 rings (SSSR count). The Morgan fingerprint density at radius 2 is 1.95 bits per heavy atom. The molecule has 0 bridgehead atoms. The lowest BCUT2D eigenvalue weighted by molar-refractivity contribution is -0.137. The molecule has 0 saturated carbocycles. The number of aromatic amines is 1. The molecule has 0 aliphatic carbocycles. The number of anilines is 2. The fourth-order valence-corrected chi connectivity index (χ4v) is 2.05. The molecule has 0 radical (unpaired) electrons. The molecule has 0 aliphatic heterocycles. The zero-order chi connectivity index (χ0) is 15.7. The van der Waals surface area contributed by atoms with E-state index in [1.165, 1.54) is 12.1 Å². The third-order valence-electron chi connectivity index (χ3n) is 3.06. The van der Waals surface area contributed by atoms with Crippen molar-refractivity contribution in [2.45, 2.75) is 6.18 Å². The van der Waals surface area contributed by atoms with Gasteiger partial charge >= 0.3 is 6.18 Å². The molecule has 0 aliphatic rings. The van der Waals surface area contributed by atoms with Crippen LogP contribution in [0.2, 0.25) is 0 Å². The Bertz CT molecular complexity index is 874. The molecule has 1 heterocycles. The number of hydrogen-bond acceptors (Lipinski definition) is 3. The van der Waals surface area contributed by atoms with E-state index in [4.69, 9.17) is 5.26 Å². The van der Waals surface area contributed by atoms with Crippen molar-refractivity contribution in [3.63, 3.8) is 0 Å². The van der Waals surface area contributed by atoms with E-state index < -0.39 is 11.7 Å². The summed E-state index contributed by atoms with van der Waals surface area (Å²) in [5.41, 5.74) is 1.26. The normalized spacial score (nSPS) is 11.4. The molecule has 0 fully saturated rings. The minimum atomic E-state index is -4.40. The first-order valence-electron chi connectivity index (χ1n) is 6.30. The fraction of sp³-hybridized carbons (Fsp3) is 0.0667. The first-order chi connectivity index (χ1) is 10.5. The van der Waals surface area contributed by atoms with Crippen molar-refractivity contribution in [1.82, 2.24) is 9.97 Å². The highest BCUT2D eigenvalue weighted by Crippen LogP contribution is 2.31. The molecular weight excluding hydrogens is 293 g/mol. The van der Waals surface area contributed by atoms with E-state index in [2.05, 4.69) is 15.3 Å². The summed E-state index contributed by atoms with van der Waals surface area (Å²) < 4.78 is 38.0. The van der Waals surface area contributed by atoms with Gasteiger partial charge in [-0.05, 0) is 36.4 Å². The van der Waals surface area contributed by atoms with Crippen molar-refractivity contribution in [2.75, 3.05) is 5.32 Å². The van der Waals surface area contributed by atoms with Crippen molar-refractivity contribution in [3.05, 3.63) is 53.6 Å². The lowest BCUT2D eigenvalue weighted by atomic mass is 10.2. The molecule has 0 atom stereocenters. The first kappa shape index (κ1) is 13.9. The zero-order valence-corrected chi connectivity index (χ0v) is 11.1. The predicted octanol–water partition coefficient (Wildman–Crippen LogP) is 4.20. The molecule has 22 heavy (non-hydrogen) atoms. The van der Waals surface area contributed by atoms with Gasteiger partial charge in [-0.2, -0.15) is 18.4 Å². The summed E-state index contributed by atoms with van der Waals surface area (Å²) in [6.45, 7) is 0. The molecule has 110 valence electrons. The van der Waals surface area contributed by atoms with E-state index in [9.17, 15) is 13.2 Å². The van der Waals surface area contributed by atoms with Crippen LogP contribution in [0.25, 0.3) is 11.0 Å². The predicted molar refractivity (Wildman–Crippen MR) is 75.5 cm³/mol. The number of rotatable bonds is 2. The van der Waals surface area contributed by atoms with Crippen LogP contribution in [0, 0.1) is 11.3 Å². The van der Waals surface area contributed by atoms with Crippen molar-refractivity contribution in [3.8, 4) is 6.07 Å². The van der Waals surface area contributed by atoms with Crippen LogP contribution in [0.4, 0.5) is 24.8 Å². The molecule has 0 saturated heterocycles. The fourth-order valence-electron chi connectivity index (χ4n) is 2.05. The van der Waals surface area contributed by atoms with E-state index in [0.29, 0.717) is 22.5 Å². The monoisotopic (exact) mass is 302 g/mol. The average Bonchev–Trinajstić information content (AvgIpc) is 2.87. The van der Waals surface area contributed by atoms with Crippen molar-refractivity contribution >= 4 is 22.7 Å². The SMILES string of the molecule is N#Cc1ccc2nc(Nc3cccc(C(F)(F)F)c3)[nH]c2c1. The number of H-pyrrole nitrogens is 1. The van der Waals surface area contributed by atoms with Crippen molar-refractivity contribution in [1.29, 1.82) is 5.26 Å². The van der Waals surface area contributed by atoms with Gasteiger partial charge in [-0.25, -0.2) is 4.98 Å². The summed E-state index contributed by atoms with van der Waals surface area (Å²) in [6.07, 6.45) is -4.40. The molecule has 4 nitrogen and oxygen atoms in total. The Kier molecular flexibility index (Phi) is 3.22. The lowest BCUT2D eigenvalue weighted by Gasteiger charge is -2.08. The van der Waals surface area contributed by atoms with Gasteiger partial charge in [-0.15, -0.1) is 0 Å². The Labute approximate surface area is 123 Å². The van der Waals surface area contributed by atoms with Gasteiger partial charge in [0.15, 0.2) is 0 Å². The number of hydrogen-bond donors (Lipinski definition) is 2. The highest BCUT2D eigenvalue weighted by atomic mass is 19.4. The maximum atomic E-state index is 12.7. The van der Waals surface area contributed by atoms with Gasteiger partial charge in [0.25, 0.3) is 0 Å². The van der Waals surface area contributed by atoms with Crippen LogP contribution < -0.4 is 5.32 Å².